The Morgan fingerprint density at radius 3 is 2.40 bits per heavy atom. The Bertz CT molecular complexity index is 891. The molecule has 0 saturated carbocycles. The zero-order valence-corrected chi connectivity index (χ0v) is 14.4. The number of pyridine rings is 1. The van der Waals surface area contributed by atoms with Crippen LogP contribution in [-0.4, -0.2) is 42.0 Å². The lowest BCUT2D eigenvalue weighted by atomic mass is 10.1. The SMILES string of the molecule is Cc1ccc(C(=O)N2CCN(c3cccc4cccnc34)CC2)cc1. The van der Waals surface area contributed by atoms with Crippen LogP contribution in [0, 0.1) is 6.92 Å². The second-order valence-corrected chi connectivity index (χ2v) is 6.50. The maximum absolute atomic E-state index is 12.7. The van der Waals surface area contributed by atoms with E-state index in [1.54, 1.807) is 0 Å². The predicted octanol–water partition coefficient (Wildman–Crippen LogP) is 3.51. The molecule has 0 aliphatic carbocycles. The van der Waals surface area contributed by atoms with Gasteiger partial charge < -0.3 is 9.80 Å². The van der Waals surface area contributed by atoms with Crippen molar-refractivity contribution in [2.75, 3.05) is 31.1 Å². The van der Waals surface area contributed by atoms with Crippen LogP contribution in [0.2, 0.25) is 0 Å². The van der Waals surface area contributed by atoms with Crippen LogP contribution in [0.15, 0.2) is 60.8 Å². The van der Waals surface area contributed by atoms with Gasteiger partial charge >= 0.3 is 0 Å². The van der Waals surface area contributed by atoms with Gasteiger partial charge in [-0.3, -0.25) is 9.78 Å². The van der Waals surface area contributed by atoms with Crippen molar-refractivity contribution in [2.24, 2.45) is 0 Å². The molecule has 1 fully saturated rings. The molecule has 1 aliphatic rings. The fourth-order valence-electron chi connectivity index (χ4n) is 3.37. The summed E-state index contributed by atoms with van der Waals surface area (Å²) >= 11 is 0. The molecule has 2 heterocycles. The average molecular weight is 331 g/mol. The van der Waals surface area contributed by atoms with Crippen molar-refractivity contribution in [3.05, 3.63) is 71.9 Å². The number of fused-ring (bicyclic) bond motifs is 1. The van der Waals surface area contributed by atoms with Gasteiger partial charge in [0.2, 0.25) is 0 Å². The third-order valence-corrected chi connectivity index (χ3v) is 4.82. The van der Waals surface area contributed by atoms with E-state index in [0.717, 1.165) is 48.3 Å². The zero-order chi connectivity index (χ0) is 17.2. The Labute approximate surface area is 147 Å². The minimum absolute atomic E-state index is 0.121. The molecule has 1 aromatic heterocycles. The minimum atomic E-state index is 0.121. The highest BCUT2D eigenvalue weighted by atomic mass is 16.2. The van der Waals surface area contributed by atoms with Crippen molar-refractivity contribution < 1.29 is 4.79 Å². The number of aromatic nitrogens is 1. The summed E-state index contributed by atoms with van der Waals surface area (Å²) < 4.78 is 0. The van der Waals surface area contributed by atoms with E-state index in [0.29, 0.717) is 0 Å². The molecule has 2 aromatic carbocycles. The summed E-state index contributed by atoms with van der Waals surface area (Å²) in [6.07, 6.45) is 1.84. The van der Waals surface area contributed by atoms with Crippen molar-refractivity contribution in [3.8, 4) is 0 Å². The summed E-state index contributed by atoms with van der Waals surface area (Å²) in [7, 11) is 0. The topological polar surface area (TPSA) is 36.4 Å². The van der Waals surface area contributed by atoms with Gasteiger partial charge in [0, 0.05) is 43.3 Å². The van der Waals surface area contributed by atoms with Crippen molar-refractivity contribution in [3.63, 3.8) is 0 Å². The molecule has 0 N–H and O–H groups in total. The van der Waals surface area contributed by atoms with Gasteiger partial charge in [0.25, 0.3) is 5.91 Å². The highest BCUT2D eigenvalue weighted by Crippen LogP contribution is 2.25. The lowest BCUT2D eigenvalue weighted by Gasteiger charge is -2.36. The first kappa shape index (κ1) is 15.6. The predicted molar refractivity (Wildman–Crippen MR) is 101 cm³/mol. The first-order valence-electron chi connectivity index (χ1n) is 8.67. The number of piperazine rings is 1. The number of hydrogen-bond donors (Lipinski definition) is 0. The maximum atomic E-state index is 12.7. The van der Waals surface area contributed by atoms with E-state index in [1.165, 1.54) is 5.56 Å². The Balaban J connectivity index is 1.49. The first-order chi connectivity index (χ1) is 12.2. The average Bonchev–Trinajstić information content (AvgIpc) is 2.68. The smallest absolute Gasteiger partial charge is 0.253 e. The monoisotopic (exact) mass is 331 g/mol. The Morgan fingerprint density at radius 2 is 1.64 bits per heavy atom. The third kappa shape index (κ3) is 3.07. The highest BCUT2D eigenvalue weighted by molar-refractivity contribution is 5.95. The van der Waals surface area contributed by atoms with Gasteiger partial charge in [0.05, 0.1) is 11.2 Å². The number of carbonyl (C=O) groups excluding carboxylic acids is 1. The van der Waals surface area contributed by atoms with Crippen molar-refractivity contribution >= 4 is 22.5 Å². The van der Waals surface area contributed by atoms with Gasteiger partial charge in [-0.25, -0.2) is 0 Å². The summed E-state index contributed by atoms with van der Waals surface area (Å²) in [5, 5.41) is 1.15. The van der Waals surface area contributed by atoms with E-state index < -0.39 is 0 Å². The van der Waals surface area contributed by atoms with Gasteiger partial charge in [-0.2, -0.15) is 0 Å². The molecule has 0 atom stereocenters. The fourth-order valence-corrected chi connectivity index (χ4v) is 3.37. The summed E-state index contributed by atoms with van der Waals surface area (Å²) in [4.78, 5) is 21.5. The summed E-state index contributed by atoms with van der Waals surface area (Å²) in [5.41, 5.74) is 4.12. The van der Waals surface area contributed by atoms with Crippen molar-refractivity contribution in [1.29, 1.82) is 0 Å². The van der Waals surface area contributed by atoms with E-state index in [2.05, 4.69) is 34.1 Å². The molecule has 0 spiro atoms. The summed E-state index contributed by atoms with van der Waals surface area (Å²) in [6, 6.07) is 18.1. The third-order valence-electron chi connectivity index (χ3n) is 4.82. The number of para-hydroxylation sites is 1. The van der Waals surface area contributed by atoms with Crippen molar-refractivity contribution in [1.82, 2.24) is 9.88 Å². The second kappa shape index (κ2) is 6.55. The molecule has 4 nitrogen and oxygen atoms in total. The standard InChI is InChI=1S/C21H21N3O/c1-16-7-9-18(10-8-16)21(25)24-14-12-23(13-15-24)19-6-2-4-17-5-3-11-22-20(17)19/h2-11H,12-15H2,1H3. The molecule has 1 saturated heterocycles. The molecule has 4 rings (SSSR count). The van der Waals surface area contributed by atoms with Crippen LogP contribution in [0.5, 0.6) is 0 Å². The van der Waals surface area contributed by atoms with Crippen LogP contribution in [0.25, 0.3) is 10.9 Å². The minimum Gasteiger partial charge on any atom is -0.366 e. The molecule has 0 radical (unpaired) electrons. The molecule has 1 aliphatic heterocycles. The van der Waals surface area contributed by atoms with Crippen LogP contribution < -0.4 is 4.90 Å². The molecule has 0 bridgehead atoms. The number of hydrogen-bond acceptors (Lipinski definition) is 3. The number of carbonyl (C=O) groups is 1. The first-order valence-corrected chi connectivity index (χ1v) is 8.67. The zero-order valence-electron chi connectivity index (χ0n) is 14.4. The lowest BCUT2D eigenvalue weighted by molar-refractivity contribution is 0.0747. The molecular formula is C21H21N3O. The molecule has 126 valence electrons. The molecule has 0 unspecified atom stereocenters. The van der Waals surface area contributed by atoms with Crippen molar-refractivity contribution in [2.45, 2.75) is 6.92 Å². The quantitative estimate of drug-likeness (QED) is 0.721. The van der Waals surface area contributed by atoms with E-state index in [9.17, 15) is 4.79 Å². The normalized spacial score (nSPS) is 14.8. The van der Waals surface area contributed by atoms with Crippen LogP contribution >= 0.6 is 0 Å². The molecule has 3 aromatic rings. The number of rotatable bonds is 2. The molecule has 1 amide bonds. The second-order valence-electron chi connectivity index (χ2n) is 6.50. The van der Waals surface area contributed by atoms with E-state index in [-0.39, 0.29) is 5.91 Å². The van der Waals surface area contributed by atoms with Crippen LogP contribution in [0.4, 0.5) is 5.69 Å². The number of aryl methyl sites for hydroxylation is 1. The van der Waals surface area contributed by atoms with Crippen LogP contribution in [0.1, 0.15) is 15.9 Å². The fraction of sp³-hybridized carbons (Fsp3) is 0.238. The number of benzene rings is 2. The van der Waals surface area contributed by atoms with Crippen LogP contribution in [-0.2, 0) is 0 Å². The largest absolute Gasteiger partial charge is 0.366 e. The van der Waals surface area contributed by atoms with E-state index >= 15 is 0 Å². The summed E-state index contributed by atoms with van der Waals surface area (Å²) in [5.74, 6) is 0.121. The number of anilines is 1. The van der Waals surface area contributed by atoms with Gasteiger partial charge in [-0.05, 0) is 31.2 Å². The van der Waals surface area contributed by atoms with E-state index in [4.69, 9.17) is 0 Å². The van der Waals surface area contributed by atoms with Gasteiger partial charge in [0.15, 0.2) is 0 Å². The molecule has 4 heteroatoms. The number of nitrogens with zero attached hydrogens (tertiary/aromatic N) is 3. The Kier molecular flexibility index (Phi) is 4.10. The van der Waals surface area contributed by atoms with Gasteiger partial charge in [0.1, 0.15) is 0 Å². The maximum Gasteiger partial charge on any atom is 0.253 e. The summed E-state index contributed by atoms with van der Waals surface area (Å²) in [6.45, 7) is 5.15. The molecule has 25 heavy (non-hydrogen) atoms. The Morgan fingerprint density at radius 1 is 0.920 bits per heavy atom. The molecular weight excluding hydrogens is 310 g/mol. The lowest BCUT2D eigenvalue weighted by Crippen LogP contribution is -2.48. The van der Waals surface area contributed by atoms with Crippen LogP contribution in [0.3, 0.4) is 0 Å². The van der Waals surface area contributed by atoms with Gasteiger partial charge in [-0.15, -0.1) is 0 Å². The number of amides is 1. The van der Waals surface area contributed by atoms with E-state index in [1.807, 2.05) is 48.4 Å². The highest BCUT2D eigenvalue weighted by Gasteiger charge is 2.23. The van der Waals surface area contributed by atoms with Gasteiger partial charge in [-0.1, -0.05) is 35.9 Å². The Hall–Kier alpha value is -2.88.